The molecule has 2 amide bonds. The van der Waals surface area contributed by atoms with Gasteiger partial charge >= 0.3 is 6.03 Å². The smallest absolute Gasteiger partial charge is 0.314 e. The number of nitrogens with zero attached hydrogens (tertiary/aromatic N) is 5. The molecule has 9 nitrogen and oxygen atoms in total. The highest BCUT2D eigenvalue weighted by Gasteiger charge is 2.50. The van der Waals surface area contributed by atoms with Crippen LogP contribution >= 0.6 is 0 Å². The van der Waals surface area contributed by atoms with Crippen molar-refractivity contribution < 1.29 is 4.79 Å². The summed E-state index contributed by atoms with van der Waals surface area (Å²) in [4.78, 5) is 28.6. The molecule has 0 aliphatic carbocycles. The lowest BCUT2D eigenvalue weighted by Crippen LogP contribution is -2.72. The summed E-state index contributed by atoms with van der Waals surface area (Å²) in [6.45, 7) is 6.27. The normalized spacial score (nSPS) is 36.3. The number of carbonyl (C=O) groups is 1. The minimum Gasteiger partial charge on any atom is -0.314 e. The zero-order valence-electron chi connectivity index (χ0n) is 15.5. The van der Waals surface area contributed by atoms with Crippen molar-refractivity contribution in [3.05, 3.63) is 18.6 Å². The molecule has 0 aromatic carbocycles. The predicted molar refractivity (Wildman–Crippen MR) is 101 cm³/mol. The van der Waals surface area contributed by atoms with Gasteiger partial charge in [0.15, 0.2) is 5.82 Å². The fraction of sp³-hybridized carbons (Fsp3) is 0.722. The zero-order chi connectivity index (χ0) is 18.2. The second kappa shape index (κ2) is 7.31. The number of aromatic nitrogens is 2. The first-order valence-corrected chi connectivity index (χ1v) is 10.1. The number of nitrogens with one attached hydrogen (secondary N) is 3. The van der Waals surface area contributed by atoms with E-state index in [1.54, 1.807) is 18.6 Å². The number of rotatable bonds is 2. The van der Waals surface area contributed by atoms with Crippen LogP contribution in [0.25, 0.3) is 0 Å². The van der Waals surface area contributed by atoms with E-state index < -0.39 is 0 Å². The largest absolute Gasteiger partial charge is 0.324 e. The molecule has 5 heterocycles. The van der Waals surface area contributed by atoms with Crippen molar-refractivity contribution in [1.29, 1.82) is 0 Å². The Hall–Kier alpha value is -1.81. The third-order valence-corrected chi connectivity index (χ3v) is 6.45. The minimum atomic E-state index is -0.0643. The molecule has 4 fully saturated rings. The molecular weight excluding hydrogens is 344 g/mol. The lowest BCUT2D eigenvalue weighted by Gasteiger charge is -2.53. The number of fused-ring (bicyclic) bond motifs is 4. The molecule has 0 radical (unpaired) electrons. The van der Waals surface area contributed by atoms with Crippen molar-refractivity contribution >= 4 is 11.8 Å². The summed E-state index contributed by atoms with van der Waals surface area (Å²) in [6.07, 6.45) is 8.53. The maximum absolute atomic E-state index is 13.2. The molecule has 0 spiro atoms. The number of hydrogen-bond donors (Lipinski definition) is 3. The zero-order valence-corrected chi connectivity index (χ0v) is 15.5. The number of piperazine rings is 2. The van der Waals surface area contributed by atoms with E-state index in [0.29, 0.717) is 18.0 Å². The van der Waals surface area contributed by atoms with Gasteiger partial charge in [-0.05, 0) is 19.3 Å². The number of anilines is 1. The van der Waals surface area contributed by atoms with Crippen LogP contribution in [0.5, 0.6) is 0 Å². The summed E-state index contributed by atoms with van der Waals surface area (Å²) in [5, 5.41) is 10.2. The third kappa shape index (κ3) is 3.29. The quantitative estimate of drug-likeness (QED) is 0.657. The first-order chi connectivity index (χ1) is 13.3. The van der Waals surface area contributed by atoms with E-state index in [1.807, 2.05) is 0 Å². The van der Waals surface area contributed by atoms with Gasteiger partial charge in [0.05, 0.1) is 12.4 Å². The van der Waals surface area contributed by atoms with Gasteiger partial charge in [-0.2, -0.15) is 0 Å². The molecular formula is C18H28N8O. The maximum atomic E-state index is 13.2. The molecule has 1 aromatic heterocycles. The van der Waals surface area contributed by atoms with Gasteiger partial charge in [0.2, 0.25) is 0 Å². The van der Waals surface area contributed by atoms with Gasteiger partial charge in [0.25, 0.3) is 0 Å². The van der Waals surface area contributed by atoms with Gasteiger partial charge in [-0.1, -0.05) is 0 Å². The fourth-order valence-corrected chi connectivity index (χ4v) is 5.16. The van der Waals surface area contributed by atoms with Crippen molar-refractivity contribution in [2.75, 3.05) is 44.6 Å². The Morgan fingerprint density at radius 2 is 2.00 bits per heavy atom. The van der Waals surface area contributed by atoms with Crippen molar-refractivity contribution in [2.24, 2.45) is 0 Å². The van der Waals surface area contributed by atoms with Crippen molar-refractivity contribution in [2.45, 2.75) is 43.7 Å². The van der Waals surface area contributed by atoms with Crippen LogP contribution in [-0.4, -0.2) is 94.4 Å². The topological polar surface area (TPSA) is 88.7 Å². The molecule has 0 saturated carbocycles. The van der Waals surface area contributed by atoms with Gasteiger partial charge in [-0.15, -0.1) is 0 Å². The Balaban J connectivity index is 1.35. The second-order valence-corrected chi connectivity index (χ2v) is 7.92. The summed E-state index contributed by atoms with van der Waals surface area (Å²) in [5.41, 5.74) is 0. The SMILES string of the molecule is O=C(Nc1cnccn1)N1C2NC(N3CCNCC3)CCC2N2CC[C@H]1C2. The molecule has 1 aromatic rings. The van der Waals surface area contributed by atoms with Crippen LogP contribution in [0.2, 0.25) is 0 Å². The summed E-state index contributed by atoms with van der Waals surface area (Å²) >= 11 is 0. The van der Waals surface area contributed by atoms with Crippen LogP contribution in [0.1, 0.15) is 19.3 Å². The molecule has 27 heavy (non-hydrogen) atoms. The molecule has 4 saturated heterocycles. The summed E-state index contributed by atoms with van der Waals surface area (Å²) < 4.78 is 0. The summed E-state index contributed by atoms with van der Waals surface area (Å²) in [5.74, 6) is 0.508. The van der Waals surface area contributed by atoms with Gasteiger partial charge < -0.3 is 10.2 Å². The van der Waals surface area contributed by atoms with Gasteiger partial charge in [-0.25, -0.2) is 9.78 Å². The molecule has 4 aliphatic rings. The molecule has 4 unspecified atom stereocenters. The van der Waals surface area contributed by atoms with Crippen LogP contribution in [-0.2, 0) is 0 Å². The highest BCUT2D eigenvalue weighted by atomic mass is 16.2. The molecule has 2 bridgehead atoms. The van der Waals surface area contributed by atoms with Gasteiger partial charge in [0.1, 0.15) is 6.17 Å². The third-order valence-electron chi connectivity index (χ3n) is 6.45. The van der Waals surface area contributed by atoms with E-state index in [1.165, 1.54) is 0 Å². The molecule has 5 rings (SSSR count). The maximum Gasteiger partial charge on any atom is 0.324 e. The predicted octanol–water partition coefficient (Wildman–Crippen LogP) is -0.292. The highest BCUT2D eigenvalue weighted by Crippen LogP contribution is 2.34. The van der Waals surface area contributed by atoms with Crippen molar-refractivity contribution in [3.8, 4) is 0 Å². The molecule has 4 aliphatic heterocycles. The minimum absolute atomic E-state index is 0.0524. The highest BCUT2D eigenvalue weighted by molar-refractivity contribution is 5.88. The van der Waals surface area contributed by atoms with Crippen LogP contribution < -0.4 is 16.0 Å². The van der Waals surface area contributed by atoms with E-state index >= 15 is 0 Å². The average molecular weight is 372 g/mol. The van der Waals surface area contributed by atoms with E-state index in [-0.39, 0.29) is 18.2 Å². The number of hydrogen-bond acceptors (Lipinski definition) is 7. The standard InChI is InChI=1S/C18H28N8O/c27-18(22-15-11-20-4-5-21-15)26-13-3-8-25(12-13)14-1-2-16(23-17(14)26)24-9-6-19-7-10-24/h4-5,11,13-14,16-17,19,23H,1-3,6-10,12H2,(H,21,22,27)/t13-,14?,16?,17?/m0/s1. The summed E-state index contributed by atoms with van der Waals surface area (Å²) in [7, 11) is 0. The van der Waals surface area contributed by atoms with Gasteiger partial charge in [-0.3, -0.25) is 25.4 Å². The Kier molecular flexibility index (Phi) is 4.68. The Morgan fingerprint density at radius 3 is 2.81 bits per heavy atom. The first kappa shape index (κ1) is 17.3. The molecule has 9 heteroatoms. The van der Waals surface area contributed by atoms with Crippen LogP contribution in [0.15, 0.2) is 18.6 Å². The Labute approximate surface area is 159 Å². The number of piperidine rings is 1. The molecule has 5 atom stereocenters. The molecule has 146 valence electrons. The van der Waals surface area contributed by atoms with E-state index in [0.717, 1.165) is 58.5 Å². The Morgan fingerprint density at radius 1 is 1.11 bits per heavy atom. The summed E-state index contributed by atoms with van der Waals surface area (Å²) in [6, 6.07) is 0.596. The average Bonchev–Trinajstić information content (AvgIpc) is 3.13. The van der Waals surface area contributed by atoms with Crippen molar-refractivity contribution in [3.63, 3.8) is 0 Å². The first-order valence-electron chi connectivity index (χ1n) is 10.1. The lowest BCUT2D eigenvalue weighted by molar-refractivity contribution is -0.0249. The number of carbonyl (C=O) groups excluding carboxylic acids is 1. The van der Waals surface area contributed by atoms with E-state index in [9.17, 15) is 4.79 Å². The lowest BCUT2D eigenvalue weighted by atomic mass is 9.95. The monoisotopic (exact) mass is 372 g/mol. The van der Waals surface area contributed by atoms with Crippen molar-refractivity contribution in [1.82, 2.24) is 35.3 Å². The van der Waals surface area contributed by atoms with Crippen LogP contribution in [0.3, 0.4) is 0 Å². The fourth-order valence-electron chi connectivity index (χ4n) is 5.16. The Bertz CT molecular complexity index is 667. The van der Waals surface area contributed by atoms with E-state index in [4.69, 9.17) is 0 Å². The second-order valence-electron chi connectivity index (χ2n) is 7.92. The number of urea groups is 1. The van der Waals surface area contributed by atoms with Gasteiger partial charge in [0, 0.05) is 63.7 Å². The van der Waals surface area contributed by atoms with Crippen LogP contribution in [0.4, 0.5) is 10.6 Å². The van der Waals surface area contributed by atoms with E-state index in [2.05, 4.69) is 40.6 Å². The van der Waals surface area contributed by atoms with Crippen LogP contribution in [0, 0.1) is 0 Å². The molecule has 3 N–H and O–H groups in total. The number of amides is 2.